The van der Waals surface area contributed by atoms with Crippen LogP contribution in [0.15, 0.2) is 48.5 Å². The van der Waals surface area contributed by atoms with Crippen molar-refractivity contribution in [1.29, 1.82) is 0 Å². The molecule has 0 unspecified atom stereocenters. The van der Waals surface area contributed by atoms with Crippen molar-refractivity contribution in [1.82, 2.24) is 0 Å². The number of ether oxygens (including phenoxy) is 2. The van der Waals surface area contributed by atoms with Gasteiger partial charge in [-0.3, -0.25) is 0 Å². The third-order valence-corrected chi connectivity index (χ3v) is 3.77. The predicted octanol–water partition coefficient (Wildman–Crippen LogP) is 5.51. The molecule has 0 fully saturated rings. The van der Waals surface area contributed by atoms with Crippen molar-refractivity contribution < 1.29 is 9.47 Å². The fraction of sp³-hybridized carbons (Fsp3) is 0.429. The molecule has 130 valence electrons. The van der Waals surface area contributed by atoms with Crippen molar-refractivity contribution in [3.05, 3.63) is 54.1 Å². The zero-order valence-corrected chi connectivity index (χ0v) is 15.2. The van der Waals surface area contributed by atoms with Gasteiger partial charge in [0, 0.05) is 12.2 Å². The van der Waals surface area contributed by atoms with E-state index >= 15 is 0 Å². The second kappa shape index (κ2) is 9.21. The molecule has 0 bridgehead atoms. The molecule has 2 rings (SSSR count). The number of hydrogen-bond acceptors (Lipinski definition) is 3. The first-order valence-corrected chi connectivity index (χ1v) is 8.79. The van der Waals surface area contributed by atoms with Gasteiger partial charge in [0.05, 0.1) is 12.7 Å². The van der Waals surface area contributed by atoms with E-state index in [-0.39, 0.29) is 6.10 Å². The molecule has 0 aromatic heterocycles. The molecule has 1 N–H and O–H groups in total. The summed E-state index contributed by atoms with van der Waals surface area (Å²) in [5.74, 6) is 2.39. The van der Waals surface area contributed by atoms with Crippen LogP contribution in [0.1, 0.15) is 39.7 Å². The molecule has 2 aromatic carbocycles. The number of hydrogen-bond donors (Lipinski definition) is 1. The zero-order chi connectivity index (χ0) is 17.4. The summed E-state index contributed by atoms with van der Waals surface area (Å²) in [6, 6.07) is 16.4. The van der Waals surface area contributed by atoms with E-state index in [1.54, 1.807) is 0 Å². The predicted molar refractivity (Wildman–Crippen MR) is 101 cm³/mol. The first kappa shape index (κ1) is 18.2. The second-order valence-corrected chi connectivity index (χ2v) is 6.56. The average Bonchev–Trinajstić information content (AvgIpc) is 2.60. The maximum atomic E-state index is 5.79. The first-order valence-electron chi connectivity index (χ1n) is 8.79. The van der Waals surface area contributed by atoms with Gasteiger partial charge in [-0.15, -0.1) is 0 Å². The van der Waals surface area contributed by atoms with E-state index in [1.807, 2.05) is 24.3 Å². The SMILES string of the molecule is CC[C@@H](C)Oc1ccc(NCc2ccc(OCC(C)C)cc2)cc1. The molecule has 24 heavy (non-hydrogen) atoms. The molecule has 3 nitrogen and oxygen atoms in total. The van der Waals surface area contributed by atoms with Crippen LogP contribution < -0.4 is 14.8 Å². The maximum absolute atomic E-state index is 5.79. The third kappa shape index (κ3) is 6.15. The molecular formula is C21H29NO2. The molecule has 0 spiro atoms. The summed E-state index contributed by atoms with van der Waals surface area (Å²) in [5, 5.41) is 3.43. The van der Waals surface area contributed by atoms with Gasteiger partial charge in [-0.25, -0.2) is 0 Å². The smallest absolute Gasteiger partial charge is 0.119 e. The lowest BCUT2D eigenvalue weighted by atomic mass is 10.2. The van der Waals surface area contributed by atoms with Crippen LogP contribution in [0, 0.1) is 5.92 Å². The van der Waals surface area contributed by atoms with Crippen molar-refractivity contribution >= 4 is 5.69 Å². The zero-order valence-electron chi connectivity index (χ0n) is 15.2. The molecule has 0 heterocycles. The lowest BCUT2D eigenvalue weighted by Crippen LogP contribution is -2.09. The van der Waals surface area contributed by atoms with Crippen LogP contribution in [-0.2, 0) is 6.54 Å². The Morgan fingerprint density at radius 1 is 0.875 bits per heavy atom. The summed E-state index contributed by atoms with van der Waals surface area (Å²) in [7, 11) is 0. The molecule has 2 aromatic rings. The Labute approximate surface area is 146 Å². The minimum atomic E-state index is 0.250. The molecule has 0 aliphatic heterocycles. The molecule has 3 heteroatoms. The number of nitrogens with one attached hydrogen (secondary N) is 1. The Morgan fingerprint density at radius 3 is 2.08 bits per heavy atom. The summed E-state index contributed by atoms with van der Waals surface area (Å²) >= 11 is 0. The second-order valence-electron chi connectivity index (χ2n) is 6.56. The van der Waals surface area contributed by atoms with Crippen LogP contribution in [0.25, 0.3) is 0 Å². The molecule has 0 saturated carbocycles. The van der Waals surface area contributed by atoms with Gasteiger partial charge in [0.15, 0.2) is 0 Å². The highest BCUT2D eigenvalue weighted by Crippen LogP contribution is 2.19. The Bertz CT molecular complexity index is 590. The molecule has 1 atom stereocenters. The van der Waals surface area contributed by atoms with Gasteiger partial charge < -0.3 is 14.8 Å². The van der Waals surface area contributed by atoms with Gasteiger partial charge >= 0.3 is 0 Å². The molecule has 0 radical (unpaired) electrons. The van der Waals surface area contributed by atoms with E-state index in [0.29, 0.717) is 5.92 Å². The van der Waals surface area contributed by atoms with Gasteiger partial charge in [0.25, 0.3) is 0 Å². The van der Waals surface area contributed by atoms with Gasteiger partial charge in [-0.1, -0.05) is 32.9 Å². The van der Waals surface area contributed by atoms with Crippen LogP contribution in [0.2, 0.25) is 0 Å². The van der Waals surface area contributed by atoms with Crippen molar-refractivity contribution in [2.45, 2.75) is 46.8 Å². The molecule has 0 aliphatic rings. The Hall–Kier alpha value is -2.16. The fourth-order valence-electron chi connectivity index (χ4n) is 2.14. The lowest BCUT2D eigenvalue weighted by Gasteiger charge is -2.13. The van der Waals surface area contributed by atoms with Crippen molar-refractivity contribution in [3.63, 3.8) is 0 Å². The standard InChI is InChI=1S/C21H29NO2/c1-5-17(4)24-21-12-8-19(9-13-21)22-14-18-6-10-20(11-7-18)23-15-16(2)3/h6-13,16-17,22H,5,14-15H2,1-4H3/t17-/m1/s1. The van der Waals surface area contributed by atoms with E-state index in [9.17, 15) is 0 Å². The Kier molecular flexibility index (Phi) is 6.98. The summed E-state index contributed by atoms with van der Waals surface area (Å²) in [6.07, 6.45) is 1.26. The fourth-order valence-corrected chi connectivity index (χ4v) is 2.14. The van der Waals surface area contributed by atoms with E-state index in [0.717, 1.165) is 36.8 Å². The Morgan fingerprint density at radius 2 is 1.50 bits per heavy atom. The van der Waals surface area contributed by atoms with Crippen molar-refractivity contribution in [3.8, 4) is 11.5 Å². The quantitative estimate of drug-likeness (QED) is 0.658. The largest absolute Gasteiger partial charge is 0.493 e. The highest BCUT2D eigenvalue weighted by molar-refractivity contribution is 5.47. The van der Waals surface area contributed by atoms with Crippen LogP contribution in [0.3, 0.4) is 0 Å². The van der Waals surface area contributed by atoms with E-state index in [4.69, 9.17) is 9.47 Å². The number of rotatable bonds is 9. The monoisotopic (exact) mass is 327 g/mol. The third-order valence-electron chi connectivity index (χ3n) is 3.77. The minimum Gasteiger partial charge on any atom is -0.493 e. The van der Waals surface area contributed by atoms with E-state index < -0.39 is 0 Å². The minimum absolute atomic E-state index is 0.250. The van der Waals surface area contributed by atoms with Crippen LogP contribution in [0.4, 0.5) is 5.69 Å². The first-order chi connectivity index (χ1) is 11.6. The van der Waals surface area contributed by atoms with Crippen LogP contribution in [-0.4, -0.2) is 12.7 Å². The van der Waals surface area contributed by atoms with Crippen molar-refractivity contribution in [2.75, 3.05) is 11.9 Å². The van der Waals surface area contributed by atoms with Crippen molar-refractivity contribution in [2.24, 2.45) is 5.92 Å². The summed E-state index contributed by atoms with van der Waals surface area (Å²) in [5.41, 5.74) is 2.32. The number of anilines is 1. The molecule has 0 aliphatic carbocycles. The summed E-state index contributed by atoms with van der Waals surface area (Å²) in [4.78, 5) is 0. The van der Waals surface area contributed by atoms with Crippen LogP contribution in [0.5, 0.6) is 11.5 Å². The highest BCUT2D eigenvalue weighted by Gasteiger charge is 2.02. The average molecular weight is 327 g/mol. The summed E-state index contributed by atoms with van der Waals surface area (Å²) in [6.45, 7) is 10.0. The summed E-state index contributed by atoms with van der Waals surface area (Å²) < 4.78 is 11.5. The highest BCUT2D eigenvalue weighted by atomic mass is 16.5. The van der Waals surface area contributed by atoms with Gasteiger partial charge in [-0.2, -0.15) is 0 Å². The van der Waals surface area contributed by atoms with E-state index in [2.05, 4.69) is 57.3 Å². The van der Waals surface area contributed by atoms with Gasteiger partial charge in [0.1, 0.15) is 11.5 Å². The van der Waals surface area contributed by atoms with Gasteiger partial charge in [0.2, 0.25) is 0 Å². The van der Waals surface area contributed by atoms with E-state index in [1.165, 1.54) is 5.56 Å². The normalized spacial score (nSPS) is 12.0. The molecule has 0 saturated heterocycles. The van der Waals surface area contributed by atoms with Gasteiger partial charge in [-0.05, 0) is 61.2 Å². The lowest BCUT2D eigenvalue weighted by molar-refractivity contribution is 0.217. The molecular weight excluding hydrogens is 298 g/mol. The topological polar surface area (TPSA) is 30.5 Å². The van der Waals surface area contributed by atoms with Crippen LogP contribution >= 0.6 is 0 Å². The number of benzene rings is 2. The Balaban J connectivity index is 1.82. The maximum Gasteiger partial charge on any atom is 0.119 e. The molecule has 0 amide bonds.